The number of hydrogen-bond donors (Lipinski definition) is 2. The highest BCUT2D eigenvalue weighted by Crippen LogP contribution is 2.32. The van der Waals surface area contributed by atoms with E-state index in [4.69, 9.17) is 5.26 Å². The number of nitriles is 1. The molecular weight excluding hydrogens is 401 g/mol. The van der Waals surface area contributed by atoms with E-state index in [0.29, 0.717) is 11.1 Å². The van der Waals surface area contributed by atoms with E-state index < -0.39 is 12.3 Å². The molecule has 0 atom stereocenters. The minimum absolute atomic E-state index is 0.0182. The fraction of sp³-hybridized carbons (Fsp3) is 0.300. The van der Waals surface area contributed by atoms with E-state index in [-0.39, 0.29) is 42.1 Å². The normalized spacial score (nSPS) is 13.3. The average Bonchev–Trinajstić information content (AvgIpc) is 3.51. The molecule has 2 N–H and O–H groups in total. The van der Waals surface area contributed by atoms with Crippen LogP contribution in [0.4, 0.5) is 24.8 Å². The molecule has 0 spiro atoms. The number of rotatable bonds is 7. The molecule has 2 amide bonds. The van der Waals surface area contributed by atoms with Crippen molar-refractivity contribution in [3.63, 3.8) is 0 Å². The second-order valence-electron chi connectivity index (χ2n) is 6.67. The van der Waals surface area contributed by atoms with Gasteiger partial charge in [-0.15, -0.1) is 13.2 Å². The third kappa shape index (κ3) is 6.20. The molecule has 1 saturated carbocycles. The molecule has 1 aromatic heterocycles. The lowest BCUT2D eigenvalue weighted by molar-refractivity contribution is -0.274. The first-order chi connectivity index (χ1) is 14.2. The van der Waals surface area contributed by atoms with Gasteiger partial charge in [0.2, 0.25) is 11.8 Å². The minimum atomic E-state index is -4.79. The second kappa shape index (κ2) is 8.82. The Morgan fingerprint density at radius 3 is 2.30 bits per heavy atom. The smallest absolute Gasteiger partial charge is 0.406 e. The number of anilines is 2. The number of pyridine rings is 1. The van der Waals surface area contributed by atoms with Crippen molar-refractivity contribution in [3.05, 3.63) is 36.4 Å². The Morgan fingerprint density at radius 2 is 1.73 bits per heavy atom. The van der Waals surface area contributed by atoms with Crippen LogP contribution in [0.1, 0.15) is 25.7 Å². The Morgan fingerprint density at radius 1 is 1.10 bits per heavy atom. The summed E-state index contributed by atoms with van der Waals surface area (Å²) < 4.78 is 40.9. The molecule has 0 saturated heterocycles. The van der Waals surface area contributed by atoms with Gasteiger partial charge in [0.1, 0.15) is 17.4 Å². The van der Waals surface area contributed by atoms with Crippen LogP contribution < -0.4 is 15.4 Å². The van der Waals surface area contributed by atoms with Crippen LogP contribution in [0.25, 0.3) is 11.1 Å². The Bertz CT molecular complexity index is 980. The van der Waals surface area contributed by atoms with Crippen LogP contribution in [0.2, 0.25) is 0 Å². The van der Waals surface area contributed by atoms with Crippen molar-refractivity contribution in [2.24, 2.45) is 5.92 Å². The van der Waals surface area contributed by atoms with Gasteiger partial charge in [0.25, 0.3) is 0 Å². The topological polar surface area (TPSA) is 104 Å². The molecule has 1 aromatic carbocycles. The van der Waals surface area contributed by atoms with Gasteiger partial charge in [-0.2, -0.15) is 5.26 Å². The van der Waals surface area contributed by atoms with E-state index in [1.54, 1.807) is 6.07 Å². The number of nitrogens with one attached hydrogen (secondary N) is 2. The summed E-state index contributed by atoms with van der Waals surface area (Å²) >= 11 is 0. The van der Waals surface area contributed by atoms with Gasteiger partial charge in [0.05, 0.1) is 6.07 Å². The van der Waals surface area contributed by atoms with Crippen LogP contribution in [-0.4, -0.2) is 23.2 Å². The highest BCUT2D eigenvalue weighted by molar-refractivity contribution is 5.95. The van der Waals surface area contributed by atoms with Crippen LogP contribution in [-0.2, 0) is 9.59 Å². The van der Waals surface area contributed by atoms with Gasteiger partial charge in [0.15, 0.2) is 0 Å². The van der Waals surface area contributed by atoms with Crippen molar-refractivity contribution in [1.29, 1.82) is 5.26 Å². The van der Waals surface area contributed by atoms with Gasteiger partial charge >= 0.3 is 6.36 Å². The summed E-state index contributed by atoms with van der Waals surface area (Å²) in [6.45, 7) is 0. The Hall–Kier alpha value is -3.61. The molecule has 0 aliphatic heterocycles. The summed E-state index contributed by atoms with van der Waals surface area (Å²) in [4.78, 5) is 28.2. The van der Waals surface area contributed by atoms with E-state index in [1.807, 2.05) is 6.07 Å². The number of nitrogens with zero attached hydrogens (tertiary/aromatic N) is 2. The van der Waals surface area contributed by atoms with Crippen LogP contribution >= 0.6 is 0 Å². The summed E-state index contributed by atoms with van der Waals surface area (Å²) in [5, 5.41) is 13.8. The minimum Gasteiger partial charge on any atom is -0.406 e. The zero-order valence-corrected chi connectivity index (χ0v) is 15.6. The molecule has 1 aliphatic rings. The monoisotopic (exact) mass is 418 g/mol. The first-order valence-corrected chi connectivity index (χ1v) is 9.09. The van der Waals surface area contributed by atoms with E-state index in [1.165, 1.54) is 18.2 Å². The SMILES string of the molecule is N#CCCC(=O)Nc1cc(-c2ccc(OC(F)(F)F)cc2)cc(NC(=O)C2CC2)n1. The van der Waals surface area contributed by atoms with Crippen LogP contribution in [0.15, 0.2) is 36.4 Å². The molecule has 1 fully saturated rings. The van der Waals surface area contributed by atoms with Gasteiger partial charge in [-0.3, -0.25) is 9.59 Å². The van der Waals surface area contributed by atoms with Gasteiger partial charge in [-0.1, -0.05) is 12.1 Å². The molecule has 30 heavy (non-hydrogen) atoms. The van der Waals surface area contributed by atoms with Gasteiger partial charge in [-0.25, -0.2) is 4.98 Å². The first kappa shape index (κ1) is 21.1. The fourth-order valence-electron chi connectivity index (χ4n) is 2.62. The van der Waals surface area contributed by atoms with E-state index >= 15 is 0 Å². The maximum Gasteiger partial charge on any atom is 0.573 e. The highest BCUT2D eigenvalue weighted by Gasteiger charge is 2.31. The van der Waals surface area contributed by atoms with E-state index in [9.17, 15) is 22.8 Å². The quantitative estimate of drug-likeness (QED) is 0.700. The molecule has 0 bridgehead atoms. The second-order valence-corrected chi connectivity index (χ2v) is 6.67. The third-order valence-corrected chi connectivity index (χ3v) is 4.18. The van der Waals surface area contributed by atoms with Crippen molar-refractivity contribution in [2.75, 3.05) is 10.6 Å². The van der Waals surface area contributed by atoms with E-state index in [2.05, 4.69) is 20.4 Å². The molecule has 1 heterocycles. The fourth-order valence-corrected chi connectivity index (χ4v) is 2.62. The third-order valence-electron chi connectivity index (χ3n) is 4.18. The maximum absolute atomic E-state index is 12.3. The van der Waals surface area contributed by atoms with Crippen LogP contribution in [0, 0.1) is 17.2 Å². The number of ether oxygens (including phenoxy) is 1. The van der Waals surface area contributed by atoms with Gasteiger partial charge in [0, 0.05) is 18.8 Å². The van der Waals surface area contributed by atoms with Crippen molar-refractivity contribution in [1.82, 2.24) is 4.98 Å². The molecule has 10 heteroatoms. The number of halogens is 3. The predicted octanol–water partition coefficient (Wildman–Crippen LogP) is 4.24. The van der Waals surface area contributed by atoms with Crippen molar-refractivity contribution in [3.8, 4) is 22.9 Å². The number of amides is 2. The molecule has 0 radical (unpaired) electrons. The lowest BCUT2D eigenvalue weighted by Gasteiger charge is -2.12. The van der Waals surface area contributed by atoms with E-state index in [0.717, 1.165) is 25.0 Å². The Kier molecular flexibility index (Phi) is 6.20. The molecule has 156 valence electrons. The number of hydrogen-bond acceptors (Lipinski definition) is 5. The number of carbonyl (C=O) groups excluding carboxylic acids is 2. The number of benzene rings is 1. The standard InChI is InChI=1S/C20H17F3N4O3/c21-20(22,23)30-15-7-5-12(6-8-15)14-10-16(26-18(28)2-1-9-24)25-17(11-14)27-19(29)13-3-4-13/h5-8,10-11,13H,1-4H2,(H2,25,26,27,28,29). The summed E-state index contributed by atoms with van der Waals surface area (Å²) in [7, 11) is 0. The zero-order chi connectivity index (χ0) is 21.7. The lowest BCUT2D eigenvalue weighted by atomic mass is 10.1. The van der Waals surface area contributed by atoms with Crippen molar-refractivity contribution < 1.29 is 27.5 Å². The molecule has 3 rings (SSSR count). The molecule has 2 aromatic rings. The average molecular weight is 418 g/mol. The molecular formula is C20H17F3N4O3. The molecule has 7 nitrogen and oxygen atoms in total. The van der Waals surface area contributed by atoms with Crippen molar-refractivity contribution in [2.45, 2.75) is 32.0 Å². The van der Waals surface area contributed by atoms with Crippen LogP contribution in [0.5, 0.6) is 5.75 Å². The zero-order valence-electron chi connectivity index (χ0n) is 15.6. The summed E-state index contributed by atoms with van der Waals surface area (Å²) in [5.74, 6) is -0.687. The summed E-state index contributed by atoms with van der Waals surface area (Å²) in [6, 6.07) is 10.1. The Balaban J connectivity index is 1.85. The molecule has 1 aliphatic carbocycles. The van der Waals surface area contributed by atoms with Crippen LogP contribution in [0.3, 0.4) is 0 Å². The number of aromatic nitrogens is 1. The largest absolute Gasteiger partial charge is 0.573 e. The van der Waals surface area contributed by atoms with Gasteiger partial charge < -0.3 is 15.4 Å². The maximum atomic E-state index is 12.3. The van der Waals surface area contributed by atoms with Gasteiger partial charge in [-0.05, 0) is 48.2 Å². The molecule has 0 unspecified atom stereocenters. The lowest BCUT2D eigenvalue weighted by Crippen LogP contribution is -2.17. The number of alkyl halides is 3. The summed E-state index contributed by atoms with van der Waals surface area (Å²) in [5.41, 5.74) is 1.05. The van der Waals surface area contributed by atoms with Crippen molar-refractivity contribution >= 4 is 23.5 Å². The Labute approximate surface area is 169 Å². The highest BCUT2D eigenvalue weighted by atomic mass is 19.4. The number of carbonyl (C=O) groups is 2. The summed E-state index contributed by atoms with van der Waals surface area (Å²) in [6.07, 6.45) is -3.18. The predicted molar refractivity (Wildman–Crippen MR) is 101 cm³/mol. The first-order valence-electron chi connectivity index (χ1n) is 9.09.